The molecule has 0 bridgehead atoms. The Bertz CT molecular complexity index is 919. The van der Waals surface area contributed by atoms with Gasteiger partial charge in [0.2, 0.25) is 5.95 Å². The third-order valence-corrected chi connectivity index (χ3v) is 3.71. The SMILES string of the molecule is Cc1ccc(Nc2cc(C)nc(NCCNC(=O)c3cn(C)nn3)n2)cc1. The van der Waals surface area contributed by atoms with Crippen LogP contribution < -0.4 is 16.0 Å². The number of anilines is 3. The molecule has 0 radical (unpaired) electrons. The third kappa shape index (κ3) is 5.24. The molecular weight excluding hydrogens is 344 g/mol. The second-order valence-corrected chi connectivity index (χ2v) is 6.17. The van der Waals surface area contributed by atoms with E-state index in [1.807, 2.05) is 44.2 Å². The molecular formula is C18H22N8O. The molecule has 0 unspecified atom stereocenters. The van der Waals surface area contributed by atoms with Gasteiger partial charge in [-0.15, -0.1) is 5.10 Å². The van der Waals surface area contributed by atoms with Gasteiger partial charge in [-0.25, -0.2) is 4.98 Å². The topological polar surface area (TPSA) is 110 Å². The number of nitrogens with zero attached hydrogens (tertiary/aromatic N) is 5. The fourth-order valence-corrected chi connectivity index (χ4v) is 2.39. The maximum absolute atomic E-state index is 11.9. The van der Waals surface area contributed by atoms with Crippen LogP contribution in [0.1, 0.15) is 21.7 Å². The smallest absolute Gasteiger partial charge is 0.273 e. The molecule has 0 aliphatic heterocycles. The Morgan fingerprint density at radius 1 is 1.11 bits per heavy atom. The van der Waals surface area contributed by atoms with Crippen LogP contribution in [0.25, 0.3) is 0 Å². The second kappa shape index (κ2) is 8.26. The van der Waals surface area contributed by atoms with Crippen LogP contribution in [0.3, 0.4) is 0 Å². The number of benzene rings is 1. The number of carbonyl (C=O) groups is 1. The van der Waals surface area contributed by atoms with Crippen LogP contribution in [-0.2, 0) is 7.05 Å². The zero-order valence-electron chi connectivity index (χ0n) is 15.5. The van der Waals surface area contributed by atoms with Gasteiger partial charge in [0.25, 0.3) is 5.91 Å². The van der Waals surface area contributed by atoms with Crippen molar-refractivity contribution in [1.82, 2.24) is 30.3 Å². The van der Waals surface area contributed by atoms with Crippen molar-refractivity contribution in [3.63, 3.8) is 0 Å². The summed E-state index contributed by atoms with van der Waals surface area (Å²) in [5.74, 6) is 0.938. The van der Waals surface area contributed by atoms with Crippen molar-refractivity contribution in [3.05, 3.63) is 53.5 Å². The van der Waals surface area contributed by atoms with E-state index in [9.17, 15) is 4.79 Å². The van der Waals surface area contributed by atoms with Gasteiger partial charge < -0.3 is 16.0 Å². The maximum atomic E-state index is 11.9. The summed E-state index contributed by atoms with van der Waals surface area (Å²) in [7, 11) is 1.71. The van der Waals surface area contributed by atoms with Crippen molar-refractivity contribution in [3.8, 4) is 0 Å². The predicted molar refractivity (Wildman–Crippen MR) is 103 cm³/mol. The van der Waals surface area contributed by atoms with E-state index >= 15 is 0 Å². The van der Waals surface area contributed by atoms with Crippen molar-refractivity contribution < 1.29 is 4.79 Å². The van der Waals surface area contributed by atoms with E-state index in [4.69, 9.17) is 0 Å². The van der Waals surface area contributed by atoms with Crippen molar-refractivity contribution >= 4 is 23.4 Å². The molecule has 3 rings (SSSR count). The number of rotatable bonds is 7. The zero-order chi connectivity index (χ0) is 19.2. The van der Waals surface area contributed by atoms with Crippen LogP contribution in [0.2, 0.25) is 0 Å². The zero-order valence-corrected chi connectivity index (χ0v) is 15.5. The van der Waals surface area contributed by atoms with Gasteiger partial charge >= 0.3 is 0 Å². The lowest BCUT2D eigenvalue weighted by Gasteiger charge is -2.10. The van der Waals surface area contributed by atoms with Crippen molar-refractivity contribution in [2.45, 2.75) is 13.8 Å². The standard InChI is InChI=1S/C18H22N8O/c1-12-4-6-14(7-5-12)22-16-10-13(2)21-18(23-16)20-9-8-19-17(27)15-11-26(3)25-24-15/h4-7,10-11H,8-9H2,1-3H3,(H,19,27)(H2,20,21,22,23). The molecule has 2 aromatic heterocycles. The number of carbonyl (C=O) groups excluding carboxylic acids is 1. The highest BCUT2D eigenvalue weighted by Gasteiger charge is 2.09. The van der Waals surface area contributed by atoms with E-state index in [0.29, 0.717) is 24.9 Å². The Morgan fingerprint density at radius 2 is 1.89 bits per heavy atom. The minimum atomic E-state index is -0.267. The third-order valence-electron chi connectivity index (χ3n) is 3.71. The van der Waals surface area contributed by atoms with E-state index in [1.165, 1.54) is 10.2 Å². The normalized spacial score (nSPS) is 10.5. The molecule has 0 spiro atoms. The van der Waals surface area contributed by atoms with Gasteiger partial charge in [-0.05, 0) is 26.0 Å². The summed E-state index contributed by atoms with van der Waals surface area (Å²) >= 11 is 0. The van der Waals surface area contributed by atoms with Gasteiger partial charge in [0.05, 0.1) is 6.20 Å². The Hall–Kier alpha value is -3.49. The molecule has 0 fully saturated rings. The van der Waals surface area contributed by atoms with Crippen LogP contribution in [0, 0.1) is 13.8 Å². The first-order valence-electron chi connectivity index (χ1n) is 8.57. The molecule has 9 nitrogen and oxygen atoms in total. The van der Waals surface area contributed by atoms with Gasteiger partial charge in [-0.3, -0.25) is 9.48 Å². The van der Waals surface area contributed by atoms with Crippen molar-refractivity contribution in [2.75, 3.05) is 23.7 Å². The highest BCUT2D eigenvalue weighted by atomic mass is 16.2. The first-order chi connectivity index (χ1) is 13.0. The maximum Gasteiger partial charge on any atom is 0.273 e. The second-order valence-electron chi connectivity index (χ2n) is 6.17. The van der Waals surface area contributed by atoms with E-state index in [2.05, 4.69) is 36.2 Å². The highest BCUT2D eigenvalue weighted by Crippen LogP contribution is 2.17. The number of hydrogen-bond donors (Lipinski definition) is 3. The van der Waals surface area contributed by atoms with Crippen LogP contribution in [-0.4, -0.2) is 44.0 Å². The molecule has 0 atom stereocenters. The molecule has 0 saturated heterocycles. The molecule has 9 heteroatoms. The minimum Gasteiger partial charge on any atom is -0.352 e. The minimum absolute atomic E-state index is 0.267. The monoisotopic (exact) mass is 366 g/mol. The van der Waals surface area contributed by atoms with Gasteiger partial charge in [-0.2, -0.15) is 4.98 Å². The van der Waals surface area contributed by atoms with Crippen LogP contribution >= 0.6 is 0 Å². The number of nitrogens with one attached hydrogen (secondary N) is 3. The molecule has 0 saturated carbocycles. The summed E-state index contributed by atoms with van der Waals surface area (Å²) in [5.41, 5.74) is 3.28. The van der Waals surface area contributed by atoms with Crippen molar-refractivity contribution in [2.24, 2.45) is 7.05 Å². The quantitative estimate of drug-likeness (QED) is 0.547. The first-order valence-corrected chi connectivity index (χ1v) is 8.57. The van der Waals surface area contributed by atoms with E-state index < -0.39 is 0 Å². The largest absolute Gasteiger partial charge is 0.352 e. The fourth-order valence-electron chi connectivity index (χ4n) is 2.39. The fraction of sp³-hybridized carbons (Fsp3) is 0.278. The lowest BCUT2D eigenvalue weighted by atomic mass is 10.2. The van der Waals surface area contributed by atoms with Gasteiger partial charge in [0.15, 0.2) is 5.69 Å². The summed E-state index contributed by atoms with van der Waals surface area (Å²) in [6.07, 6.45) is 1.56. The van der Waals surface area contributed by atoms with Crippen molar-refractivity contribution in [1.29, 1.82) is 0 Å². The summed E-state index contributed by atoms with van der Waals surface area (Å²) in [6, 6.07) is 9.95. The molecule has 3 aromatic rings. The van der Waals surface area contributed by atoms with E-state index in [-0.39, 0.29) is 11.6 Å². The Morgan fingerprint density at radius 3 is 2.59 bits per heavy atom. The molecule has 1 amide bonds. The lowest BCUT2D eigenvalue weighted by molar-refractivity contribution is 0.0950. The molecule has 3 N–H and O–H groups in total. The number of aromatic nitrogens is 5. The van der Waals surface area contributed by atoms with Crippen LogP contribution in [0.5, 0.6) is 0 Å². The molecule has 27 heavy (non-hydrogen) atoms. The summed E-state index contributed by atoms with van der Waals surface area (Å²) in [4.78, 5) is 20.7. The first kappa shape index (κ1) is 18.3. The van der Waals surface area contributed by atoms with E-state index in [0.717, 1.165) is 11.4 Å². The number of aryl methyl sites for hydroxylation is 3. The van der Waals surface area contributed by atoms with Gasteiger partial charge in [0.1, 0.15) is 5.82 Å². The lowest BCUT2D eigenvalue weighted by Crippen LogP contribution is -2.29. The van der Waals surface area contributed by atoms with Gasteiger partial charge in [0, 0.05) is 37.6 Å². The number of amides is 1. The Balaban J connectivity index is 1.53. The summed E-state index contributed by atoms with van der Waals surface area (Å²) in [5, 5.41) is 16.7. The highest BCUT2D eigenvalue weighted by molar-refractivity contribution is 5.91. The molecule has 140 valence electrons. The van der Waals surface area contributed by atoms with Crippen LogP contribution in [0.15, 0.2) is 36.5 Å². The average molecular weight is 366 g/mol. The Kier molecular flexibility index (Phi) is 5.60. The summed E-state index contributed by atoms with van der Waals surface area (Å²) < 4.78 is 1.48. The van der Waals surface area contributed by atoms with E-state index in [1.54, 1.807) is 13.2 Å². The summed E-state index contributed by atoms with van der Waals surface area (Å²) in [6.45, 7) is 4.85. The molecule has 2 heterocycles. The Labute approximate surface area is 157 Å². The molecule has 0 aliphatic rings. The molecule has 0 aliphatic carbocycles. The van der Waals surface area contributed by atoms with Gasteiger partial charge in [-0.1, -0.05) is 22.9 Å². The predicted octanol–water partition coefficient (Wildman–Crippen LogP) is 1.81. The number of hydrogen-bond acceptors (Lipinski definition) is 7. The molecule has 1 aromatic carbocycles. The van der Waals surface area contributed by atoms with Crippen LogP contribution in [0.4, 0.5) is 17.5 Å². The average Bonchev–Trinajstić information content (AvgIpc) is 3.07.